The van der Waals surface area contributed by atoms with Crippen molar-refractivity contribution in [2.45, 2.75) is 39.7 Å². The minimum absolute atomic E-state index is 0.511. The molecule has 0 aliphatic rings. The summed E-state index contributed by atoms with van der Waals surface area (Å²) in [7, 11) is 1.89. The molecule has 0 aromatic carbocycles. The molecule has 0 saturated heterocycles. The van der Waals surface area contributed by atoms with Gasteiger partial charge < -0.3 is 9.84 Å². The minimum Gasteiger partial charge on any atom is -0.490 e. The molecule has 1 heterocycles. The van der Waals surface area contributed by atoms with Crippen molar-refractivity contribution < 1.29 is 9.84 Å². The number of ether oxygens (including phenoxy) is 1. The fourth-order valence-corrected chi connectivity index (χ4v) is 1.37. The maximum absolute atomic E-state index is 9.54. The summed E-state index contributed by atoms with van der Waals surface area (Å²) in [5.74, 6) is 0.835. The van der Waals surface area contributed by atoms with Crippen LogP contribution in [0.2, 0.25) is 0 Å². The molecule has 1 rings (SSSR count). The third-order valence-electron chi connectivity index (χ3n) is 2.40. The van der Waals surface area contributed by atoms with E-state index < -0.39 is 5.60 Å². The molecular weight excluding hydrogens is 192 g/mol. The predicted molar refractivity (Wildman–Crippen MR) is 59.1 cm³/mol. The van der Waals surface area contributed by atoms with Crippen LogP contribution in [0, 0.1) is 13.8 Å². The maximum atomic E-state index is 9.54. The van der Waals surface area contributed by atoms with Gasteiger partial charge >= 0.3 is 0 Å². The summed E-state index contributed by atoms with van der Waals surface area (Å²) in [5.41, 5.74) is 1.23. The van der Waals surface area contributed by atoms with Gasteiger partial charge in [0.05, 0.1) is 17.9 Å². The summed E-state index contributed by atoms with van der Waals surface area (Å²) in [5, 5.41) is 13.8. The molecule has 0 aliphatic carbocycles. The normalized spacial score (nSPS) is 11.9. The number of hydrogen-bond acceptors (Lipinski definition) is 3. The molecule has 15 heavy (non-hydrogen) atoms. The fourth-order valence-electron chi connectivity index (χ4n) is 1.37. The highest BCUT2D eigenvalue weighted by molar-refractivity contribution is 5.31. The van der Waals surface area contributed by atoms with E-state index in [9.17, 15) is 5.11 Å². The van der Waals surface area contributed by atoms with Gasteiger partial charge in [-0.05, 0) is 27.7 Å². The van der Waals surface area contributed by atoms with Gasteiger partial charge in [0.15, 0.2) is 5.75 Å². The Morgan fingerprint density at radius 1 is 1.40 bits per heavy atom. The van der Waals surface area contributed by atoms with Crippen molar-refractivity contribution >= 4 is 0 Å². The lowest BCUT2D eigenvalue weighted by Crippen LogP contribution is -2.22. The maximum Gasteiger partial charge on any atom is 0.162 e. The van der Waals surface area contributed by atoms with Gasteiger partial charge in [-0.1, -0.05) is 0 Å². The van der Waals surface area contributed by atoms with Crippen LogP contribution < -0.4 is 4.74 Å². The number of aliphatic hydroxyl groups is 1. The van der Waals surface area contributed by atoms with Gasteiger partial charge in [-0.2, -0.15) is 5.10 Å². The van der Waals surface area contributed by atoms with Crippen LogP contribution in [-0.4, -0.2) is 27.1 Å². The third kappa shape index (κ3) is 3.23. The lowest BCUT2D eigenvalue weighted by molar-refractivity contribution is 0.0551. The molecule has 0 atom stereocenters. The van der Waals surface area contributed by atoms with Crippen molar-refractivity contribution in [3.63, 3.8) is 0 Å². The average Bonchev–Trinajstić information content (AvgIpc) is 2.29. The van der Waals surface area contributed by atoms with Gasteiger partial charge in [0.25, 0.3) is 0 Å². The highest BCUT2D eigenvalue weighted by atomic mass is 16.5. The van der Waals surface area contributed by atoms with E-state index in [4.69, 9.17) is 4.74 Å². The zero-order valence-electron chi connectivity index (χ0n) is 10.2. The van der Waals surface area contributed by atoms with Crippen molar-refractivity contribution in [1.29, 1.82) is 0 Å². The zero-order chi connectivity index (χ0) is 11.6. The van der Waals surface area contributed by atoms with E-state index in [-0.39, 0.29) is 0 Å². The highest BCUT2D eigenvalue weighted by Crippen LogP contribution is 2.22. The number of aryl methyl sites for hydroxylation is 2. The lowest BCUT2D eigenvalue weighted by Gasteiger charge is -2.17. The van der Waals surface area contributed by atoms with Crippen LogP contribution in [0.25, 0.3) is 0 Å². The Morgan fingerprint density at radius 3 is 2.40 bits per heavy atom. The van der Waals surface area contributed by atoms with Crippen LogP contribution in [0.15, 0.2) is 0 Å². The van der Waals surface area contributed by atoms with E-state index in [1.165, 1.54) is 0 Å². The molecule has 4 heteroatoms. The van der Waals surface area contributed by atoms with E-state index in [2.05, 4.69) is 5.10 Å². The first-order valence-corrected chi connectivity index (χ1v) is 5.16. The summed E-state index contributed by atoms with van der Waals surface area (Å²) in [6, 6.07) is 0. The van der Waals surface area contributed by atoms with Gasteiger partial charge in [0, 0.05) is 13.5 Å². The monoisotopic (exact) mass is 212 g/mol. The molecule has 0 bridgehead atoms. The van der Waals surface area contributed by atoms with Gasteiger partial charge in [0.2, 0.25) is 0 Å². The summed E-state index contributed by atoms with van der Waals surface area (Å²) in [6.07, 6.45) is 0.612. The lowest BCUT2D eigenvalue weighted by atomic mass is 10.1. The first-order chi connectivity index (χ1) is 6.81. The fraction of sp³-hybridized carbons (Fsp3) is 0.727. The number of rotatable bonds is 4. The van der Waals surface area contributed by atoms with Gasteiger partial charge in [-0.15, -0.1) is 0 Å². The predicted octanol–water partition coefficient (Wildman–Crippen LogP) is 1.58. The molecule has 0 aliphatic heterocycles. The zero-order valence-corrected chi connectivity index (χ0v) is 10.2. The Labute approximate surface area is 90.9 Å². The quantitative estimate of drug-likeness (QED) is 0.824. The van der Waals surface area contributed by atoms with E-state index in [0.717, 1.165) is 17.1 Å². The second-order valence-corrected chi connectivity index (χ2v) is 4.53. The molecule has 0 amide bonds. The molecular formula is C11H20N2O2. The van der Waals surface area contributed by atoms with E-state index >= 15 is 0 Å². The summed E-state index contributed by atoms with van der Waals surface area (Å²) < 4.78 is 7.42. The molecule has 0 fully saturated rings. The molecule has 86 valence electrons. The summed E-state index contributed by atoms with van der Waals surface area (Å²) in [4.78, 5) is 0. The molecule has 0 spiro atoms. The molecule has 0 unspecified atom stereocenters. The number of aromatic nitrogens is 2. The Bertz CT molecular complexity index is 337. The molecule has 0 radical (unpaired) electrons. The van der Waals surface area contributed by atoms with Crippen molar-refractivity contribution in [2.75, 3.05) is 6.61 Å². The first kappa shape index (κ1) is 12.0. The summed E-state index contributed by atoms with van der Waals surface area (Å²) in [6.45, 7) is 7.96. The van der Waals surface area contributed by atoms with Crippen LogP contribution in [0.4, 0.5) is 0 Å². The van der Waals surface area contributed by atoms with Gasteiger partial charge in [-0.25, -0.2) is 0 Å². The second kappa shape index (κ2) is 4.23. The van der Waals surface area contributed by atoms with Gasteiger partial charge in [0.1, 0.15) is 5.69 Å². The number of hydrogen-bond donors (Lipinski definition) is 1. The Hall–Kier alpha value is -1.03. The number of nitrogens with zero attached hydrogens (tertiary/aromatic N) is 2. The van der Waals surface area contributed by atoms with E-state index in [1.807, 2.05) is 20.9 Å². The smallest absolute Gasteiger partial charge is 0.162 e. The van der Waals surface area contributed by atoms with Crippen molar-refractivity contribution in [1.82, 2.24) is 9.78 Å². The van der Waals surface area contributed by atoms with Gasteiger partial charge in [-0.3, -0.25) is 4.68 Å². The minimum atomic E-state index is -0.677. The standard InChI is InChI=1S/C11H20N2O2/c1-8-10(9(2)13(5)12-8)15-7-6-11(3,4)14/h14H,6-7H2,1-5H3. The molecule has 1 aromatic heterocycles. The van der Waals surface area contributed by atoms with Crippen LogP contribution in [0.3, 0.4) is 0 Å². The van der Waals surface area contributed by atoms with Crippen LogP contribution >= 0.6 is 0 Å². The molecule has 1 N–H and O–H groups in total. The second-order valence-electron chi connectivity index (χ2n) is 4.53. The third-order valence-corrected chi connectivity index (χ3v) is 2.40. The van der Waals surface area contributed by atoms with E-state index in [1.54, 1.807) is 18.5 Å². The highest BCUT2D eigenvalue weighted by Gasteiger charge is 2.15. The SMILES string of the molecule is Cc1nn(C)c(C)c1OCCC(C)(C)O. The molecule has 0 saturated carbocycles. The first-order valence-electron chi connectivity index (χ1n) is 5.16. The molecule has 1 aromatic rings. The Balaban J connectivity index is 2.58. The topological polar surface area (TPSA) is 47.3 Å². The van der Waals surface area contributed by atoms with Crippen LogP contribution in [-0.2, 0) is 7.05 Å². The largest absolute Gasteiger partial charge is 0.490 e. The van der Waals surface area contributed by atoms with Crippen LogP contribution in [0.1, 0.15) is 31.7 Å². The van der Waals surface area contributed by atoms with E-state index in [0.29, 0.717) is 13.0 Å². The Kier molecular flexibility index (Phi) is 3.39. The van der Waals surface area contributed by atoms with Crippen LogP contribution in [0.5, 0.6) is 5.75 Å². The van der Waals surface area contributed by atoms with Crippen molar-refractivity contribution in [2.24, 2.45) is 7.05 Å². The van der Waals surface area contributed by atoms with Crippen molar-refractivity contribution in [3.05, 3.63) is 11.4 Å². The Morgan fingerprint density at radius 2 is 2.00 bits per heavy atom. The molecule has 4 nitrogen and oxygen atoms in total. The summed E-state index contributed by atoms with van der Waals surface area (Å²) >= 11 is 0. The van der Waals surface area contributed by atoms with Crippen molar-refractivity contribution in [3.8, 4) is 5.75 Å². The average molecular weight is 212 g/mol.